The van der Waals surface area contributed by atoms with Gasteiger partial charge in [0.25, 0.3) is 0 Å². The number of aldehydes is 1. The summed E-state index contributed by atoms with van der Waals surface area (Å²) in [4.78, 5) is 10.4. The van der Waals surface area contributed by atoms with Crippen molar-refractivity contribution in [1.29, 1.82) is 0 Å². The van der Waals surface area contributed by atoms with E-state index >= 15 is 0 Å². The van der Waals surface area contributed by atoms with Crippen LogP contribution in [0, 0.1) is 13.8 Å². The second-order valence-electron chi connectivity index (χ2n) is 5.40. The highest BCUT2D eigenvalue weighted by Crippen LogP contribution is 2.17. The Morgan fingerprint density at radius 1 is 0.850 bits per heavy atom. The Hall–Kier alpha value is -1.89. The molecule has 0 amide bonds. The van der Waals surface area contributed by atoms with E-state index in [1.54, 1.807) is 0 Å². The van der Waals surface area contributed by atoms with E-state index in [0.29, 0.717) is 6.42 Å². The van der Waals surface area contributed by atoms with Crippen molar-refractivity contribution in [2.24, 2.45) is 0 Å². The lowest BCUT2D eigenvalue weighted by Crippen LogP contribution is -1.98. The summed E-state index contributed by atoms with van der Waals surface area (Å²) in [6.07, 6.45) is 4.58. The molecule has 2 rings (SSSR count). The molecule has 1 nitrogen and oxygen atoms in total. The highest BCUT2D eigenvalue weighted by atomic mass is 16.1. The highest BCUT2D eigenvalue weighted by molar-refractivity contribution is 5.50. The molecular weight excluding hydrogens is 244 g/mol. The van der Waals surface area contributed by atoms with Gasteiger partial charge in [0.15, 0.2) is 0 Å². The molecule has 0 fully saturated rings. The van der Waals surface area contributed by atoms with Crippen molar-refractivity contribution in [3.05, 3.63) is 70.3 Å². The third-order valence-electron chi connectivity index (χ3n) is 3.85. The van der Waals surface area contributed by atoms with Gasteiger partial charge in [0.1, 0.15) is 6.29 Å². The summed E-state index contributed by atoms with van der Waals surface area (Å²) in [6.45, 7) is 4.37. The van der Waals surface area contributed by atoms with Gasteiger partial charge in [-0.05, 0) is 60.9 Å². The third-order valence-corrected chi connectivity index (χ3v) is 3.85. The molecule has 0 bridgehead atoms. The lowest BCUT2D eigenvalue weighted by atomic mass is 9.95. The Morgan fingerprint density at radius 2 is 1.45 bits per heavy atom. The second-order valence-corrected chi connectivity index (χ2v) is 5.40. The topological polar surface area (TPSA) is 17.1 Å². The fraction of sp³-hybridized carbons (Fsp3) is 0.316. The van der Waals surface area contributed by atoms with Crippen LogP contribution in [0.15, 0.2) is 42.5 Å². The van der Waals surface area contributed by atoms with E-state index in [1.165, 1.54) is 27.8 Å². The number of hydrogen-bond acceptors (Lipinski definition) is 1. The van der Waals surface area contributed by atoms with Crippen molar-refractivity contribution >= 4 is 6.29 Å². The van der Waals surface area contributed by atoms with Crippen LogP contribution in [0.2, 0.25) is 0 Å². The number of hydrogen-bond donors (Lipinski definition) is 0. The summed E-state index contributed by atoms with van der Waals surface area (Å²) in [7, 11) is 0. The van der Waals surface area contributed by atoms with Crippen molar-refractivity contribution < 1.29 is 4.79 Å². The van der Waals surface area contributed by atoms with Crippen LogP contribution in [-0.2, 0) is 24.1 Å². The summed E-state index contributed by atoms with van der Waals surface area (Å²) in [6, 6.07) is 15.1. The summed E-state index contributed by atoms with van der Waals surface area (Å²) in [5, 5.41) is 0. The molecule has 0 radical (unpaired) electrons. The highest BCUT2D eigenvalue weighted by Gasteiger charge is 2.03. The molecule has 1 heteroatoms. The van der Waals surface area contributed by atoms with Crippen LogP contribution in [0.3, 0.4) is 0 Å². The van der Waals surface area contributed by atoms with E-state index in [9.17, 15) is 4.79 Å². The van der Waals surface area contributed by atoms with Gasteiger partial charge in [-0.2, -0.15) is 0 Å². The van der Waals surface area contributed by atoms with Gasteiger partial charge in [-0.1, -0.05) is 42.5 Å². The molecule has 0 spiro atoms. The van der Waals surface area contributed by atoms with Gasteiger partial charge in [-0.3, -0.25) is 0 Å². The van der Waals surface area contributed by atoms with E-state index in [0.717, 1.165) is 25.5 Å². The molecule has 0 atom stereocenters. The monoisotopic (exact) mass is 266 g/mol. The van der Waals surface area contributed by atoms with Crippen LogP contribution < -0.4 is 0 Å². The molecular formula is C19H22O. The predicted octanol–water partition coefficient (Wildman–Crippen LogP) is 4.22. The Morgan fingerprint density at radius 3 is 2.10 bits per heavy atom. The predicted molar refractivity (Wildman–Crippen MR) is 84.2 cm³/mol. The summed E-state index contributed by atoms with van der Waals surface area (Å²) >= 11 is 0. The minimum absolute atomic E-state index is 0.611. The zero-order chi connectivity index (χ0) is 14.4. The van der Waals surface area contributed by atoms with Crippen LogP contribution in [0.1, 0.15) is 34.2 Å². The summed E-state index contributed by atoms with van der Waals surface area (Å²) in [5.74, 6) is 0. The molecule has 0 aromatic heterocycles. The first-order valence-electron chi connectivity index (χ1n) is 7.27. The molecule has 0 unspecified atom stereocenters. The zero-order valence-electron chi connectivity index (χ0n) is 12.4. The molecule has 0 saturated carbocycles. The normalized spacial score (nSPS) is 10.5. The third kappa shape index (κ3) is 3.80. The van der Waals surface area contributed by atoms with E-state index in [2.05, 4.69) is 56.3 Å². The van der Waals surface area contributed by atoms with Gasteiger partial charge in [-0.25, -0.2) is 0 Å². The van der Waals surface area contributed by atoms with E-state index < -0.39 is 0 Å². The first-order valence-corrected chi connectivity index (χ1v) is 7.27. The molecule has 0 heterocycles. The Balaban J connectivity index is 2.05. The SMILES string of the molecule is Cc1cccc(C)c1CCc1cccc(CCC=O)c1. The number of aryl methyl sites for hydroxylation is 4. The quantitative estimate of drug-likeness (QED) is 0.715. The molecule has 0 aliphatic rings. The van der Waals surface area contributed by atoms with Gasteiger partial charge in [0.05, 0.1) is 0 Å². The first kappa shape index (κ1) is 14.5. The van der Waals surface area contributed by atoms with Gasteiger partial charge in [0, 0.05) is 6.42 Å². The number of carbonyl (C=O) groups is 1. The fourth-order valence-electron chi connectivity index (χ4n) is 2.68. The van der Waals surface area contributed by atoms with E-state index in [4.69, 9.17) is 0 Å². The maximum absolute atomic E-state index is 10.4. The maximum Gasteiger partial charge on any atom is 0.120 e. The van der Waals surface area contributed by atoms with Gasteiger partial charge in [0.2, 0.25) is 0 Å². The number of benzene rings is 2. The van der Waals surface area contributed by atoms with Crippen LogP contribution in [-0.4, -0.2) is 6.29 Å². The Kier molecular flexibility index (Phi) is 5.11. The number of rotatable bonds is 6. The minimum atomic E-state index is 0.611. The van der Waals surface area contributed by atoms with Crippen LogP contribution in [0.25, 0.3) is 0 Å². The van der Waals surface area contributed by atoms with Crippen molar-refractivity contribution in [2.75, 3.05) is 0 Å². The van der Waals surface area contributed by atoms with Crippen LogP contribution in [0.4, 0.5) is 0 Å². The molecule has 0 aliphatic heterocycles. The smallest absolute Gasteiger partial charge is 0.120 e. The standard InChI is InChI=1S/C19H22O/c1-15-6-3-7-16(2)19(15)12-11-18-9-4-8-17(14-18)10-5-13-20/h3-4,6-9,13-14H,5,10-12H2,1-2H3. The average molecular weight is 266 g/mol. The van der Waals surface area contributed by atoms with Crippen LogP contribution in [0.5, 0.6) is 0 Å². The van der Waals surface area contributed by atoms with Gasteiger partial charge in [-0.15, -0.1) is 0 Å². The molecule has 0 N–H and O–H groups in total. The van der Waals surface area contributed by atoms with E-state index in [1.807, 2.05) is 0 Å². The lowest BCUT2D eigenvalue weighted by Gasteiger charge is -2.10. The lowest BCUT2D eigenvalue weighted by molar-refractivity contribution is -0.107. The van der Waals surface area contributed by atoms with Gasteiger partial charge < -0.3 is 4.79 Å². The molecule has 20 heavy (non-hydrogen) atoms. The van der Waals surface area contributed by atoms with Gasteiger partial charge >= 0.3 is 0 Å². The molecule has 0 saturated heterocycles. The second kappa shape index (κ2) is 7.04. The molecule has 2 aromatic carbocycles. The van der Waals surface area contributed by atoms with Crippen molar-refractivity contribution in [3.63, 3.8) is 0 Å². The average Bonchev–Trinajstić information content (AvgIpc) is 2.45. The summed E-state index contributed by atoms with van der Waals surface area (Å²) in [5.41, 5.74) is 6.84. The van der Waals surface area contributed by atoms with Crippen molar-refractivity contribution in [1.82, 2.24) is 0 Å². The Labute approximate surface area is 121 Å². The van der Waals surface area contributed by atoms with Crippen molar-refractivity contribution in [2.45, 2.75) is 39.5 Å². The first-order chi connectivity index (χ1) is 9.70. The summed E-state index contributed by atoms with van der Waals surface area (Å²) < 4.78 is 0. The van der Waals surface area contributed by atoms with Crippen molar-refractivity contribution in [3.8, 4) is 0 Å². The molecule has 104 valence electrons. The minimum Gasteiger partial charge on any atom is -0.303 e. The fourth-order valence-corrected chi connectivity index (χ4v) is 2.68. The van der Waals surface area contributed by atoms with Crippen LogP contribution >= 0.6 is 0 Å². The number of carbonyl (C=O) groups excluding carboxylic acids is 1. The maximum atomic E-state index is 10.4. The molecule has 0 aliphatic carbocycles. The largest absolute Gasteiger partial charge is 0.303 e. The molecule has 2 aromatic rings. The Bertz CT molecular complexity index is 564. The zero-order valence-corrected chi connectivity index (χ0v) is 12.4. The van der Waals surface area contributed by atoms with E-state index in [-0.39, 0.29) is 0 Å².